The maximum absolute atomic E-state index is 11.1. The van der Waals surface area contributed by atoms with Crippen molar-refractivity contribution in [3.63, 3.8) is 0 Å². The Balaban J connectivity index is 0.000000250. The fourth-order valence-electron chi connectivity index (χ4n) is 4.08. The summed E-state index contributed by atoms with van der Waals surface area (Å²) >= 11 is 0. The number of carbonyl (C=O) groups excluding carboxylic acids is 1. The lowest BCUT2D eigenvalue weighted by Gasteiger charge is -2.08. The van der Waals surface area contributed by atoms with E-state index in [0.717, 1.165) is 19.5 Å². The van der Waals surface area contributed by atoms with Crippen molar-refractivity contribution in [3.8, 4) is 11.1 Å². The van der Waals surface area contributed by atoms with Crippen LogP contribution in [-0.4, -0.2) is 25.8 Å². The summed E-state index contributed by atoms with van der Waals surface area (Å²) in [6.07, 6.45) is 10.6. The number of hydrogen-bond acceptors (Lipinski definition) is 3. The largest absolute Gasteiger partial charge is 0.463 e. The van der Waals surface area contributed by atoms with Crippen molar-refractivity contribution in [1.82, 2.24) is 0 Å². The second-order valence-corrected chi connectivity index (χ2v) is 10.6. The molecule has 0 radical (unpaired) electrons. The summed E-state index contributed by atoms with van der Waals surface area (Å²) in [7, 11) is 0. The third-order valence-electron chi connectivity index (χ3n) is 7.36. The molecule has 0 aliphatic carbocycles. The predicted molar refractivity (Wildman–Crippen MR) is 176 cm³/mol. The third-order valence-corrected chi connectivity index (χ3v) is 7.36. The van der Waals surface area contributed by atoms with E-state index >= 15 is 0 Å². The van der Waals surface area contributed by atoms with Gasteiger partial charge in [0, 0.05) is 36.4 Å². The summed E-state index contributed by atoms with van der Waals surface area (Å²) in [5.41, 5.74) is 5.28. The van der Waals surface area contributed by atoms with Gasteiger partial charge in [0.15, 0.2) is 31.3 Å². The average Bonchev–Trinajstić information content (AvgIpc) is 3.07. The second kappa shape index (κ2) is 21.0. The fourth-order valence-corrected chi connectivity index (χ4v) is 4.08. The lowest BCUT2D eigenvalue weighted by atomic mass is 9.99. The molecule has 5 heteroatoms. The lowest BCUT2D eigenvalue weighted by molar-refractivity contribution is -0.693. The Morgan fingerprint density at radius 2 is 1.21 bits per heavy atom. The SMILES string of the molecule is CCOCCOC(=O)[C@H](C)CC.CC[C@@H](C)c1ccccc1.CC[n+]1ccc(-c2cc[n+](Cc3ccccc3)cc2)cc1. The zero-order valence-electron chi connectivity index (χ0n) is 27.1. The molecular formula is C38H52N2O3+2. The molecule has 4 rings (SSSR count). The number of aryl methyl sites for hydroxylation is 1. The molecular weight excluding hydrogens is 532 g/mol. The number of ether oxygens (including phenoxy) is 2. The van der Waals surface area contributed by atoms with Gasteiger partial charge >= 0.3 is 5.97 Å². The van der Waals surface area contributed by atoms with Crippen molar-refractivity contribution in [2.75, 3.05) is 19.8 Å². The number of esters is 1. The van der Waals surface area contributed by atoms with Crippen molar-refractivity contribution < 1.29 is 23.4 Å². The van der Waals surface area contributed by atoms with E-state index in [1.807, 2.05) is 20.8 Å². The van der Waals surface area contributed by atoms with Gasteiger partial charge in [-0.1, -0.05) is 88.4 Å². The molecule has 4 aromatic rings. The Kier molecular flexibility index (Phi) is 17.2. The van der Waals surface area contributed by atoms with Crippen LogP contribution in [0.3, 0.4) is 0 Å². The average molecular weight is 585 g/mol. The van der Waals surface area contributed by atoms with Gasteiger partial charge in [-0.25, -0.2) is 9.13 Å². The van der Waals surface area contributed by atoms with Gasteiger partial charge < -0.3 is 9.47 Å². The summed E-state index contributed by atoms with van der Waals surface area (Å²) in [5, 5.41) is 0. The Hall–Kier alpha value is -3.83. The number of aromatic nitrogens is 2. The van der Waals surface area contributed by atoms with E-state index in [4.69, 9.17) is 9.47 Å². The van der Waals surface area contributed by atoms with E-state index in [1.165, 1.54) is 28.7 Å². The molecule has 2 atom stereocenters. The van der Waals surface area contributed by atoms with Gasteiger partial charge in [-0.15, -0.1) is 0 Å². The molecule has 0 aliphatic rings. The molecule has 0 bridgehead atoms. The van der Waals surface area contributed by atoms with Gasteiger partial charge in [0.1, 0.15) is 13.2 Å². The molecule has 230 valence electrons. The molecule has 0 saturated carbocycles. The molecule has 2 aromatic heterocycles. The number of nitrogens with zero attached hydrogens (tertiary/aromatic N) is 2. The molecule has 0 N–H and O–H groups in total. The van der Waals surface area contributed by atoms with Crippen molar-refractivity contribution in [3.05, 3.63) is 121 Å². The number of rotatable bonds is 12. The molecule has 0 spiro atoms. The normalized spacial score (nSPS) is 11.7. The number of hydrogen-bond donors (Lipinski definition) is 0. The standard InChI is InChI=1S/C19H20N2.C10H14.C9H18O3/c1-2-20-12-8-18(9-13-20)19-10-14-21(15-11-19)16-17-6-4-3-5-7-17;1-3-9(2)10-7-5-4-6-8-10;1-4-8(3)9(10)12-7-6-11-5-2/h3-15H,2,16H2,1H3;4-9H,3H2,1-2H3;8H,4-7H2,1-3H3/q+2;;/t;9-;8-/m.11/s1. The summed E-state index contributed by atoms with van der Waals surface area (Å²) in [5.74, 6) is 0.588. The van der Waals surface area contributed by atoms with Gasteiger partial charge in [0.05, 0.1) is 12.5 Å². The van der Waals surface area contributed by atoms with Gasteiger partial charge in [-0.05, 0) is 49.3 Å². The molecule has 0 amide bonds. The highest BCUT2D eigenvalue weighted by Crippen LogP contribution is 2.17. The highest BCUT2D eigenvalue weighted by atomic mass is 16.6. The zero-order valence-corrected chi connectivity index (χ0v) is 27.1. The predicted octanol–water partition coefficient (Wildman–Crippen LogP) is 7.81. The van der Waals surface area contributed by atoms with Gasteiger partial charge in [-0.2, -0.15) is 0 Å². The molecule has 43 heavy (non-hydrogen) atoms. The second-order valence-electron chi connectivity index (χ2n) is 10.6. The molecule has 0 unspecified atom stereocenters. The quantitative estimate of drug-likeness (QED) is 0.0969. The van der Waals surface area contributed by atoms with Crippen LogP contribution in [0.15, 0.2) is 110 Å². The van der Waals surface area contributed by atoms with Gasteiger partial charge in [-0.3, -0.25) is 4.79 Å². The van der Waals surface area contributed by atoms with Crippen molar-refractivity contribution in [2.24, 2.45) is 5.92 Å². The van der Waals surface area contributed by atoms with E-state index in [1.54, 1.807) is 0 Å². The molecule has 2 heterocycles. The smallest absolute Gasteiger partial charge is 0.308 e. The highest BCUT2D eigenvalue weighted by molar-refractivity contribution is 5.71. The number of pyridine rings is 2. The summed E-state index contributed by atoms with van der Waals surface area (Å²) < 4.78 is 14.3. The van der Waals surface area contributed by atoms with Crippen LogP contribution in [0, 0.1) is 5.92 Å². The fraction of sp³-hybridized carbons (Fsp3) is 0.395. The molecule has 0 aliphatic heterocycles. The van der Waals surface area contributed by atoms with E-state index in [2.05, 4.69) is 140 Å². The summed E-state index contributed by atoms with van der Waals surface area (Å²) in [6.45, 7) is 15.8. The Morgan fingerprint density at radius 1 is 0.674 bits per heavy atom. The first-order chi connectivity index (χ1) is 20.9. The topological polar surface area (TPSA) is 43.3 Å². The first-order valence-electron chi connectivity index (χ1n) is 15.7. The molecule has 0 saturated heterocycles. The van der Waals surface area contributed by atoms with Crippen LogP contribution in [0.2, 0.25) is 0 Å². The van der Waals surface area contributed by atoms with Gasteiger partial charge in [0.25, 0.3) is 0 Å². The third kappa shape index (κ3) is 13.8. The summed E-state index contributed by atoms with van der Waals surface area (Å²) in [6, 6.07) is 29.8. The lowest BCUT2D eigenvalue weighted by Crippen LogP contribution is -2.33. The Labute approximate surface area is 260 Å². The van der Waals surface area contributed by atoms with Crippen LogP contribution in [-0.2, 0) is 27.4 Å². The molecule has 2 aromatic carbocycles. The monoisotopic (exact) mass is 584 g/mol. The summed E-state index contributed by atoms with van der Waals surface area (Å²) in [4.78, 5) is 11.1. The van der Waals surface area contributed by atoms with Crippen LogP contribution in [0.5, 0.6) is 0 Å². The first-order valence-corrected chi connectivity index (χ1v) is 15.7. The minimum absolute atomic E-state index is 0.00614. The zero-order chi connectivity index (χ0) is 31.3. The van der Waals surface area contributed by atoms with Crippen LogP contribution in [0.25, 0.3) is 11.1 Å². The van der Waals surface area contributed by atoms with E-state index < -0.39 is 0 Å². The van der Waals surface area contributed by atoms with Gasteiger partial charge in [0.2, 0.25) is 0 Å². The van der Waals surface area contributed by atoms with Crippen molar-refractivity contribution in [1.29, 1.82) is 0 Å². The molecule has 0 fully saturated rings. The van der Waals surface area contributed by atoms with Crippen LogP contribution in [0.4, 0.5) is 0 Å². The Bertz CT molecular complexity index is 1260. The minimum atomic E-state index is -0.128. The molecule has 5 nitrogen and oxygen atoms in total. The van der Waals surface area contributed by atoms with E-state index in [9.17, 15) is 4.79 Å². The van der Waals surface area contributed by atoms with Crippen LogP contribution in [0.1, 0.15) is 71.4 Å². The highest BCUT2D eigenvalue weighted by Gasteiger charge is 2.11. The maximum atomic E-state index is 11.1. The number of benzene rings is 2. The Morgan fingerprint density at radius 3 is 1.70 bits per heavy atom. The first kappa shape index (κ1) is 35.4. The number of carbonyl (C=O) groups is 1. The minimum Gasteiger partial charge on any atom is -0.463 e. The van der Waals surface area contributed by atoms with Crippen LogP contribution >= 0.6 is 0 Å². The van der Waals surface area contributed by atoms with E-state index in [0.29, 0.717) is 25.7 Å². The van der Waals surface area contributed by atoms with Crippen molar-refractivity contribution >= 4 is 5.97 Å². The van der Waals surface area contributed by atoms with E-state index in [-0.39, 0.29) is 11.9 Å². The van der Waals surface area contributed by atoms with Crippen molar-refractivity contribution in [2.45, 2.75) is 73.4 Å². The van der Waals surface area contributed by atoms with Crippen LogP contribution < -0.4 is 9.13 Å². The maximum Gasteiger partial charge on any atom is 0.308 e.